The highest BCUT2D eigenvalue weighted by atomic mass is 32.2. The number of ether oxygens (including phenoxy) is 2. The standard InChI is InChI=1S/C28H32N2O5S/c1-17-7-12-25-26(13-17)35-27(16-30(25)36(32,33)23-10-8-22(34-6)9-11-23)28(31)29-21(5)24-15-19(3)18(2)14-20(24)4/h7-15,21,27H,16H2,1-6H3,(H,29,31)/t21-,27-/m0/s1. The van der Waals surface area contributed by atoms with Gasteiger partial charge in [-0.25, -0.2) is 8.42 Å². The Bertz CT molecular complexity index is 1400. The van der Waals surface area contributed by atoms with E-state index in [2.05, 4.69) is 24.4 Å². The average Bonchev–Trinajstić information content (AvgIpc) is 2.85. The van der Waals surface area contributed by atoms with Crippen LogP contribution in [0.2, 0.25) is 0 Å². The molecule has 1 N–H and O–H groups in total. The molecule has 0 spiro atoms. The lowest BCUT2D eigenvalue weighted by Gasteiger charge is -2.35. The van der Waals surface area contributed by atoms with Crippen LogP contribution in [0.15, 0.2) is 59.5 Å². The van der Waals surface area contributed by atoms with E-state index in [0.29, 0.717) is 17.2 Å². The number of sulfonamides is 1. The van der Waals surface area contributed by atoms with Crippen molar-refractivity contribution in [3.05, 3.63) is 82.4 Å². The molecule has 3 aromatic rings. The van der Waals surface area contributed by atoms with E-state index in [1.165, 1.54) is 29.1 Å². The normalized spacial score (nSPS) is 16.1. The summed E-state index contributed by atoms with van der Waals surface area (Å²) in [5.74, 6) is 0.538. The van der Waals surface area contributed by atoms with Crippen LogP contribution in [-0.4, -0.2) is 34.1 Å². The van der Waals surface area contributed by atoms with Crippen molar-refractivity contribution in [1.29, 1.82) is 0 Å². The number of aryl methyl sites for hydroxylation is 4. The van der Waals surface area contributed by atoms with Crippen LogP contribution in [0, 0.1) is 27.7 Å². The second kappa shape index (κ2) is 9.85. The van der Waals surface area contributed by atoms with Crippen LogP contribution >= 0.6 is 0 Å². The monoisotopic (exact) mass is 508 g/mol. The van der Waals surface area contributed by atoms with Crippen LogP contribution in [-0.2, 0) is 14.8 Å². The van der Waals surface area contributed by atoms with Gasteiger partial charge >= 0.3 is 0 Å². The van der Waals surface area contributed by atoms with E-state index in [0.717, 1.165) is 22.3 Å². The van der Waals surface area contributed by atoms with Crippen LogP contribution < -0.4 is 19.1 Å². The summed E-state index contributed by atoms with van der Waals surface area (Å²) in [6.07, 6.45) is -1.01. The molecule has 0 radical (unpaired) electrons. The third-order valence-corrected chi connectivity index (χ3v) is 8.43. The quantitative estimate of drug-likeness (QED) is 0.519. The van der Waals surface area contributed by atoms with Crippen LogP contribution in [0.3, 0.4) is 0 Å². The molecule has 8 heteroatoms. The van der Waals surface area contributed by atoms with Gasteiger partial charge < -0.3 is 14.8 Å². The predicted molar refractivity (Wildman–Crippen MR) is 140 cm³/mol. The Hall–Kier alpha value is -3.52. The Labute approximate surface area is 213 Å². The number of carbonyl (C=O) groups excluding carboxylic acids is 1. The summed E-state index contributed by atoms with van der Waals surface area (Å²) in [4.78, 5) is 13.5. The van der Waals surface area contributed by atoms with Crippen LogP contribution in [0.5, 0.6) is 11.5 Å². The van der Waals surface area contributed by atoms with Gasteiger partial charge in [0.1, 0.15) is 11.5 Å². The summed E-state index contributed by atoms with van der Waals surface area (Å²) in [6.45, 7) is 9.78. The minimum atomic E-state index is -3.96. The highest BCUT2D eigenvalue weighted by molar-refractivity contribution is 7.92. The number of nitrogens with one attached hydrogen (secondary N) is 1. The van der Waals surface area contributed by atoms with Crippen molar-refractivity contribution in [2.75, 3.05) is 18.0 Å². The molecule has 0 aromatic heterocycles. The molecular formula is C28H32N2O5S. The molecule has 3 aromatic carbocycles. The van der Waals surface area contributed by atoms with Gasteiger partial charge in [0.15, 0.2) is 6.10 Å². The molecule has 36 heavy (non-hydrogen) atoms. The topological polar surface area (TPSA) is 84.9 Å². The summed E-state index contributed by atoms with van der Waals surface area (Å²) >= 11 is 0. The van der Waals surface area contributed by atoms with Crippen molar-refractivity contribution < 1.29 is 22.7 Å². The van der Waals surface area contributed by atoms with Crippen molar-refractivity contribution in [3.63, 3.8) is 0 Å². The number of amides is 1. The molecule has 2 atom stereocenters. The number of anilines is 1. The molecule has 1 aliphatic rings. The van der Waals surface area contributed by atoms with Gasteiger partial charge in [0, 0.05) is 0 Å². The van der Waals surface area contributed by atoms with E-state index in [9.17, 15) is 13.2 Å². The SMILES string of the molecule is COc1ccc(S(=O)(=O)N2C[C@@H](C(=O)N[C@@H](C)c3cc(C)c(C)cc3C)Oc3cc(C)ccc32)cc1. The number of nitrogens with zero attached hydrogens (tertiary/aromatic N) is 1. The smallest absolute Gasteiger partial charge is 0.264 e. The predicted octanol–water partition coefficient (Wildman–Crippen LogP) is 4.76. The molecule has 190 valence electrons. The maximum absolute atomic E-state index is 13.7. The first-order chi connectivity index (χ1) is 17.0. The van der Waals surface area contributed by atoms with Gasteiger partial charge in [0.25, 0.3) is 15.9 Å². The summed E-state index contributed by atoms with van der Waals surface area (Å²) in [7, 11) is -2.44. The molecular weight excluding hydrogens is 476 g/mol. The zero-order chi connectivity index (χ0) is 26.2. The lowest BCUT2D eigenvalue weighted by Crippen LogP contribution is -2.51. The molecule has 0 bridgehead atoms. The Morgan fingerprint density at radius 3 is 2.33 bits per heavy atom. The fourth-order valence-corrected chi connectivity index (χ4v) is 5.91. The van der Waals surface area contributed by atoms with Gasteiger partial charge in [-0.3, -0.25) is 9.10 Å². The van der Waals surface area contributed by atoms with E-state index in [1.807, 2.05) is 33.8 Å². The van der Waals surface area contributed by atoms with Crippen LogP contribution in [0.1, 0.15) is 40.8 Å². The van der Waals surface area contributed by atoms with Gasteiger partial charge in [-0.15, -0.1) is 0 Å². The minimum absolute atomic E-state index is 0.106. The molecule has 0 saturated carbocycles. The minimum Gasteiger partial charge on any atom is -0.497 e. The number of fused-ring (bicyclic) bond motifs is 1. The van der Waals surface area contributed by atoms with Crippen molar-refractivity contribution in [2.45, 2.75) is 51.7 Å². The third-order valence-electron chi connectivity index (χ3n) is 6.63. The maximum Gasteiger partial charge on any atom is 0.264 e. The third kappa shape index (κ3) is 4.91. The van der Waals surface area contributed by atoms with E-state index >= 15 is 0 Å². The highest BCUT2D eigenvalue weighted by Gasteiger charge is 2.38. The van der Waals surface area contributed by atoms with Crippen molar-refractivity contribution >= 4 is 21.6 Å². The largest absolute Gasteiger partial charge is 0.497 e. The zero-order valence-electron chi connectivity index (χ0n) is 21.5. The van der Waals surface area contributed by atoms with Gasteiger partial charge in [0.2, 0.25) is 0 Å². The zero-order valence-corrected chi connectivity index (χ0v) is 22.3. The van der Waals surface area contributed by atoms with Crippen molar-refractivity contribution in [2.24, 2.45) is 0 Å². The van der Waals surface area contributed by atoms with E-state index in [1.54, 1.807) is 24.3 Å². The molecule has 0 aliphatic carbocycles. The van der Waals surface area contributed by atoms with Gasteiger partial charge in [0.05, 0.1) is 30.3 Å². The van der Waals surface area contributed by atoms with Crippen molar-refractivity contribution in [3.8, 4) is 11.5 Å². The summed E-state index contributed by atoms with van der Waals surface area (Å²) in [5.41, 5.74) is 5.74. The first-order valence-corrected chi connectivity index (χ1v) is 13.3. The number of rotatable bonds is 6. The van der Waals surface area contributed by atoms with Crippen LogP contribution in [0.4, 0.5) is 5.69 Å². The molecule has 7 nitrogen and oxygen atoms in total. The van der Waals surface area contributed by atoms with E-state index < -0.39 is 16.1 Å². The maximum atomic E-state index is 13.7. The first-order valence-electron chi connectivity index (χ1n) is 11.8. The Balaban J connectivity index is 1.64. The summed E-state index contributed by atoms with van der Waals surface area (Å²) in [5, 5.41) is 3.02. The number of methoxy groups -OCH3 is 1. The first kappa shape index (κ1) is 25.6. The molecule has 0 fully saturated rings. The number of hydrogen-bond acceptors (Lipinski definition) is 5. The van der Waals surface area contributed by atoms with Gasteiger partial charge in [-0.05, 0) is 98.8 Å². The summed E-state index contributed by atoms with van der Waals surface area (Å²) < 4.78 is 39.8. The summed E-state index contributed by atoms with van der Waals surface area (Å²) in [6, 6.07) is 15.4. The van der Waals surface area contributed by atoms with Crippen LogP contribution in [0.25, 0.3) is 0 Å². The molecule has 1 aliphatic heterocycles. The Kier molecular flexibility index (Phi) is 7.00. The van der Waals surface area contributed by atoms with E-state index in [-0.39, 0.29) is 23.4 Å². The van der Waals surface area contributed by atoms with E-state index in [4.69, 9.17) is 9.47 Å². The molecule has 0 saturated heterocycles. The fourth-order valence-electron chi connectivity index (χ4n) is 4.43. The number of carbonyl (C=O) groups is 1. The average molecular weight is 509 g/mol. The highest BCUT2D eigenvalue weighted by Crippen LogP contribution is 2.38. The molecule has 0 unspecified atom stereocenters. The second-order valence-corrected chi connectivity index (χ2v) is 11.2. The molecule has 1 amide bonds. The number of hydrogen-bond donors (Lipinski definition) is 1. The second-order valence-electron chi connectivity index (χ2n) is 9.31. The Morgan fingerprint density at radius 2 is 1.67 bits per heavy atom. The van der Waals surface area contributed by atoms with Gasteiger partial charge in [-0.1, -0.05) is 18.2 Å². The Morgan fingerprint density at radius 1 is 1.00 bits per heavy atom. The molecule has 4 rings (SSSR count). The van der Waals surface area contributed by atoms with Gasteiger partial charge in [-0.2, -0.15) is 0 Å². The number of benzene rings is 3. The van der Waals surface area contributed by atoms with Crippen molar-refractivity contribution in [1.82, 2.24) is 5.32 Å². The molecule has 1 heterocycles. The lowest BCUT2D eigenvalue weighted by atomic mass is 9.96. The lowest BCUT2D eigenvalue weighted by molar-refractivity contribution is -0.128. The fraction of sp³-hybridized carbons (Fsp3) is 0.321.